The Kier molecular flexibility index (Phi) is 5.54. The second-order valence-corrected chi connectivity index (χ2v) is 5.71. The van der Waals surface area contributed by atoms with E-state index in [1.54, 1.807) is 12.1 Å². The van der Waals surface area contributed by atoms with Crippen LogP contribution in [0.15, 0.2) is 41.0 Å². The lowest BCUT2D eigenvalue weighted by molar-refractivity contribution is 0.213. The van der Waals surface area contributed by atoms with Gasteiger partial charge in [0.05, 0.1) is 5.69 Å². The molecule has 1 atom stereocenters. The minimum atomic E-state index is -0.807. The molecule has 20 heavy (non-hydrogen) atoms. The van der Waals surface area contributed by atoms with Crippen molar-refractivity contribution in [1.82, 2.24) is 4.98 Å². The summed E-state index contributed by atoms with van der Waals surface area (Å²) in [6.45, 7) is 0.108. The van der Waals surface area contributed by atoms with Gasteiger partial charge in [0.15, 0.2) is 0 Å². The van der Waals surface area contributed by atoms with Crippen LogP contribution in [0, 0.1) is 0 Å². The van der Waals surface area contributed by atoms with Crippen LogP contribution in [-0.2, 0) is 6.42 Å². The molecule has 0 saturated heterocycles. The molecule has 5 heteroatoms. The molecule has 0 fully saturated rings. The van der Waals surface area contributed by atoms with Gasteiger partial charge < -0.3 is 10.2 Å². The van der Waals surface area contributed by atoms with Crippen molar-refractivity contribution < 1.29 is 10.2 Å². The number of benzene rings is 1. The average Bonchev–Trinajstić information content (AvgIpc) is 2.44. The third-order valence-electron chi connectivity index (χ3n) is 3.02. The van der Waals surface area contributed by atoms with E-state index in [0.717, 1.165) is 11.1 Å². The van der Waals surface area contributed by atoms with E-state index in [1.807, 2.05) is 24.3 Å². The Labute approximate surface area is 131 Å². The minimum Gasteiger partial charge on any atom is -0.396 e. The zero-order valence-corrected chi connectivity index (χ0v) is 13.1. The van der Waals surface area contributed by atoms with E-state index in [2.05, 4.69) is 20.9 Å². The van der Waals surface area contributed by atoms with Crippen LogP contribution < -0.4 is 0 Å². The Balaban J connectivity index is 2.35. The summed E-state index contributed by atoms with van der Waals surface area (Å²) in [6, 6.07) is 10.8. The number of aliphatic hydroxyl groups excluding tert-OH is 2. The number of aromatic nitrogens is 1. The van der Waals surface area contributed by atoms with Crippen molar-refractivity contribution in [2.45, 2.75) is 18.9 Å². The number of pyridine rings is 1. The standard InChI is InChI=1S/C15H15BrClNO2/c16-14-5-1-4-13(18-14)15(20)12-7-6-11(17)9-10(12)3-2-8-19/h1,4-7,9,15,19-20H,2-3,8H2. The van der Waals surface area contributed by atoms with Gasteiger partial charge in [-0.05, 0) is 64.2 Å². The summed E-state index contributed by atoms with van der Waals surface area (Å²) in [5.41, 5.74) is 2.28. The first-order chi connectivity index (χ1) is 9.61. The van der Waals surface area contributed by atoms with Crippen LogP contribution in [0.5, 0.6) is 0 Å². The highest BCUT2D eigenvalue weighted by atomic mass is 79.9. The molecular formula is C15H15BrClNO2. The molecule has 0 aliphatic carbocycles. The maximum Gasteiger partial charge on any atom is 0.121 e. The second-order valence-electron chi connectivity index (χ2n) is 4.46. The van der Waals surface area contributed by atoms with E-state index < -0.39 is 6.10 Å². The fourth-order valence-corrected chi connectivity index (χ4v) is 2.61. The molecule has 1 unspecified atom stereocenters. The molecule has 2 N–H and O–H groups in total. The molecule has 1 aromatic heterocycles. The summed E-state index contributed by atoms with van der Waals surface area (Å²) < 4.78 is 0.680. The van der Waals surface area contributed by atoms with Crippen LogP contribution in [0.3, 0.4) is 0 Å². The molecule has 0 amide bonds. The Morgan fingerprint density at radius 3 is 2.75 bits per heavy atom. The summed E-state index contributed by atoms with van der Waals surface area (Å²) >= 11 is 9.30. The van der Waals surface area contributed by atoms with Crippen molar-refractivity contribution in [2.75, 3.05) is 6.61 Å². The number of rotatable bonds is 5. The molecule has 1 aromatic carbocycles. The first kappa shape index (κ1) is 15.4. The first-order valence-corrected chi connectivity index (χ1v) is 7.48. The van der Waals surface area contributed by atoms with Crippen molar-refractivity contribution in [1.29, 1.82) is 0 Å². The zero-order valence-electron chi connectivity index (χ0n) is 10.8. The van der Waals surface area contributed by atoms with Crippen molar-refractivity contribution in [3.05, 3.63) is 62.8 Å². The number of hydrogen-bond acceptors (Lipinski definition) is 3. The third kappa shape index (κ3) is 3.79. The van der Waals surface area contributed by atoms with E-state index in [0.29, 0.717) is 28.2 Å². The smallest absolute Gasteiger partial charge is 0.121 e. The molecule has 0 spiro atoms. The summed E-state index contributed by atoms with van der Waals surface area (Å²) in [6.07, 6.45) is 0.488. The molecular weight excluding hydrogens is 342 g/mol. The summed E-state index contributed by atoms with van der Waals surface area (Å²) in [4.78, 5) is 4.28. The lowest BCUT2D eigenvalue weighted by Crippen LogP contribution is -2.06. The second kappa shape index (κ2) is 7.18. The molecule has 2 aromatic rings. The lowest BCUT2D eigenvalue weighted by Gasteiger charge is -2.16. The zero-order chi connectivity index (χ0) is 14.5. The summed E-state index contributed by atoms with van der Waals surface area (Å²) in [7, 11) is 0. The van der Waals surface area contributed by atoms with Crippen LogP contribution in [-0.4, -0.2) is 21.8 Å². The number of hydrogen-bond donors (Lipinski definition) is 2. The number of aryl methyl sites for hydroxylation is 1. The van der Waals surface area contributed by atoms with E-state index in [1.165, 1.54) is 0 Å². The fourth-order valence-electron chi connectivity index (χ4n) is 2.06. The van der Waals surface area contributed by atoms with Crippen LogP contribution in [0.25, 0.3) is 0 Å². The molecule has 0 aliphatic heterocycles. The van der Waals surface area contributed by atoms with Gasteiger partial charge in [0.2, 0.25) is 0 Å². The minimum absolute atomic E-state index is 0.108. The average molecular weight is 357 g/mol. The van der Waals surface area contributed by atoms with Crippen molar-refractivity contribution in [3.63, 3.8) is 0 Å². The Hall–Kier alpha value is -0.940. The number of aliphatic hydroxyl groups is 2. The van der Waals surface area contributed by atoms with Crippen LogP contribution in [0.4, 0.5) is 0 Å². The first-order valence-electron chi connectivity index (χ1n) is 6.31. The van der Waals surface area contributed by atoms with Gasteiger partial charge in [-0.15, -0.1) is 0 Å². The molecule has 2 rings (SSSR count). The van der Waals surface area contributed by atoms with Gasteiger partial charge in [0, 0.05) is 11.6 Å². The molecule has 106 valence electrons. The van der Waals surface area contributed by atoms with Gasteiger partial charge in [0.1, 0.15) is 10.7 Å². The Bertz CT molecular complexity index is 592. The molecule has 0 bridgehead atoms. The summed E-state index contributed by atoms with van der Waals surface area (Å²) in [5.74, 6) is 0. The van der Waals surface area contributed by atoms with E-state index in [9.17, 15) is 5.11 Å². The molecule has 0 saturated carbocycles. The highest BCUT2D eigenvalue weighted by Crippen LogP contribution is 2.27. The quantitative estimate of drug-likeness (QED) is 0.806. The highest BCUT2D eigenvalue weighted by Gasteiger charge is 2.16. The van der Waals surface area contributed by atoms with Crippen molar-refractivity contribution in [3.8, 4) is 0 Å². The Morgan fingerprint density at radius 1 is 1.25 bits per heavy atom. The predicted octanol–water partition coefficient (Wildman–Crippen LogP) is 3.50. The third-order valence-corrected chi connectivity index (χ3v) is 3.70. The molecule has 3 nitrogen and oxygen atoms in total. The van der Waals surface area contributed by atoms with E-state index in [4.69, 9.17) is 16.7 Å². The number of halogens is 2. The van der Waals surface area contributed by atoms with Crippen LogP contribution >= 0.6 is 27.5 Å². The van der Waals surface area contributed by atoms with Gasteiger partial charge in [-0.2, -0.15) is 0 Å². The van der Waals surface area contributed by atoms with Gasteiger partial charge in [-0.25, -0.2) is 4.98 Å². The van der Waals surface area contributed by atoms with Gasteiger partial charge in [-0.3, -0.25) is 0 Å². The maximum atomic E-state index is 10.5. The normalized spacial score (nSPS) is 12.4. The topological polar surface area (TPSA) is 53.4 Å². The van der Waals surface area contributed by atoms with Gasteiger partial charge >= 0.3 is 0 Å². The summed E-state index contributed by atoms with van der Waals surface area (Å²) in [5, 5.41) is 20.1. The highest BCUT2D eigenvalue weighted by molar-refractivity contribution is 9.10. The fraction of sp³-hybridized carbons (Fsp3) is 0.267. The van der Waals surface area contributed by atoms with Crippen molar-refractivity contribution >= 4 is 27.5 Å². The SMILES string of the molecule is OCCCc1cc(Cl)ccc1C(O)c1cccc(Br)n1. The molecule has 0 radical (unpaired) electrons. The monoisotopic (exact) mass is 355 g/mol. The maximum absolute atomic E-state index is 10.5. The predicted molar refractivity (Wildman–Crippen MR) is 82.9 cm³/mol. The van der Waals surface area contributed by atoms with Gasteiger partial charge in [0.25, 0.3) is 0 Å². The largest absolute Gasteiger partial charge is 0.396 e. The lowest BCUT2D eigenvalue weighted by atomic mass is 9.97. The van der Waals surface area contributed by atoms with E-state index >= 15 is 0 Å². The molecule has 0 aliphatic rings. The number of nitrogens with zero attached hydrogens (tertiary/aromatic N) is 1. The molecule has 1 heterocycles. The van der Waals surface area contributed by atoms with Crippen LogP contribution in [0.1, 0.15) is 29.3 Å². The van der Waals surface area contributed by atoms with Gasteiger partial charge in [-0.1, -0.05) is 23.7 Å². The van der Waals surface area contributed by atoms with E-state index in [-0.39, 0.29) is 6.61 Å². The van der Waals surface area contributed by atoms with Crippen molar-refractivity contribution in [2.24, 2.45) is 0 Å². The van der Waals surface area contributed by atoms with Crippen LogP contribution in [0.2, 0.25) is 5.02 Å². The Morgan fingerprint density at radius 2 is 2.05 bits per heavy atom.